The molecule has 0 spiro atoms. The molecule has 3 aromatic rings. The van der Waals surface area contributed by atoms with Gasteiger partial charge in [-0.1, -0.05) is 17.7 Å². The quantitative estimate of drug-likeness (QED) is 0.746. The first-order valence-electron chi connectivity index (χ1n) is 7.13. The highest BCUT2D eigenvalue weighted by atomic mass is 16.5. The summed E-state index contributed by atoms with van der Waals surface area (Å²) in [7, 11) is 0. The van der Waals surface area contributed by atoms with Crippen molar-refractivity contribution in [3.05, 3.63) is 60.3 Å². The molecule has 1 N–H and O–H groups in total. The lowest BCUT2D eigenvalue weighted by Crippen LogP contribution is -1.97. The fourth-order valence-corrected chi connectivity index (χ4v) is 2.28. The highest BCUT2D eigenvalue weighted by Crippen LogP contribution is 2.28. The summed E-state index contributed by atoms with van der Waals surface area (Å²) in [5, 5.41) is 4.43. The van der Waals surface area contributed by atoms with E-state index in [1.165, 1.54) is 5.56 Å². The summed E-state index contributed by atoms with van der Waals surface area (Å²) in [5.41, 5.74) is 3.26. The Morgan fingerprint density at radius 1 is 1.00 bits per heavy atom. The van der Waals surface area contributed by atoms with E-state index in [0.717, 1.165) is 34.6 Å². The Hall–Kier alpha value is -2.55. The summed E-state index contributed by atoms with van der Waals surface area (Å²) in [4.78, 5) is 4.39. The maximum absolute atomic E-state index is 5.92. The number of nitrogens with zero attached hydrogens (tertiary/aromatic N) is 1. The maximum atomic E-state index is 5.92. The smallest absolute Gasteiger partial charge is 0.128 e. The number of aryl methyl sites for hydroxylation is 1. The molecule has 3 nitrogen and oxygen atoms in total. The van der Waals surface area contributed by atoms with Crippen LogP contribution in [-0.2, 0) is 0 Å². The predicted molar refractivity (Wildman–Crippen MR) is 87.2 cm³/mol. The summed E-state index contributed by atoms with van der Waals surface area (Å²) in [6.45, 7) is 5.02. The predicted octanol–water partition coefficient (Wildman–Crippen LogP) is 4.77. The first kappa shape index (κ1) is 13.4. The Morgan fingerprint density at radius 2 is 1.76 bits per heavy atom. The van der Waals surface area contributed by atoms with Crippen LogP contribution in [0.5, 0.6) is 11.5 Å². The van der Waals surface area contributed by atoms with Crippen LogP contribution in [0.25, 0.3) is 10.9 Å². The highest BCUT2D eigenvalue weighted by molar-refractivity contribution is 5.92. The van der Waals surface area contributed by atoms with Crippen molar-refractivity contribution in [1.82, 2.24) is 4.98 Å². The van der Waals surface area contributed by atoms with Crippen LogP contribution in [0.2, 0.25) is 0 Å². The maximum Gasteiger partial charge on any atom is 0.128 e. The fourth-order valence-electron chi connectivity index (χ4n) is 2.28. The Kier molecular flexibility index (Phi) is 3.73. The molecule has 0 radical (unpaired) electrons. The van der Waals surface area contributed by atoms with Gasteiger partial charge < -0.3 is 10.1 Å². The lowest BCUT2D eigenvalue weighted by atomic mass is 10.1. The van der Waals surface area contributed by atoms with E-state index in [0.29, 0.717) is 0 Å². The molecule has 0 bridgehead atoms. The van der Waals surface area contributed by atoms with Crippen molar-refractivity contribution in [3.63, 3.8) is 0 Å². The van der Waals surface area contributed by atoms with Crippen LogP contribution < -0.4 is 10.1 Å². The van der Waals surface area contributed by atoms with E-state index >= 15 is 0 Å². The minimum atomic E-state index is 0.818. The molecule has 0 aliphatic heterocycles. The van der Waals surface area contributed by atoms with E-state index in [2.05, 4.69) is 24.1 Å². The summed E-state index contributed by atoms with van der Waals surface area (Å²) in [6.07, 6.45) is 1.82. The summed E-state index contributed by atoms with van der Waals surface area (Å²) in [6, 6.07) is 16.0. The zero-order valence-corrected chi connectivity index (χ0v) is 12.3. The van der Waals surface area contributed by atoms with Gasteiger partial charge in [0.15, 0.2) is 0 Å². The molecule has 106 valence electrons. The third-order valence-corrected chi connectivity index (χ3v) is 3.34. The zero-order chi connectivity index (χ0) is 14.7. The third-order valence-electron chi connectivity index (χ3n) is 3.34. The zero-order valence-electron chi connectivity index (χ0n) is 12.3. The van der Waals surface area contributed by atoms with Gasteiger partial charge in [-0.25, -0.2) is 0 Å². The van der Waals surface area contributed by atoms with E-state index in [1.54, 1.807) is 0 Å². The molecule has 3 heteroatoms. The molecule has 2 aromatic carbocycles. The van der Waals surface area contributed by atoms with Crippen LogP contribution in [-0.4, -0.2) is 11.5 Å². The largest absolute Gasteiger partial charge is 0.457 e. The second kappa shape index (κ2) is 5.83. The van der Waals surface area contributed by atoms with Crippen LogP contribution >= 0.6 is 0 Å². The van der Waals surface area contributed by atoms with E-state index in [4.69, 9.17) is 4.74 Å². The number of aromatic nitrogens is 1. The Balaban J connectivity index is 1.96. The van der Waals surface area contributed by atoms with Gasteiger partial charge in [-0.3, -0.25) is 4.98 Å². The van der Waals surface area contributed by atoms with Crippen LogP contribution in [0, 0.1) is 6.92 Å². The van der Waals surface area contributed by atoms with Crippen LogP contribution in [0.1, 0.15) is 12.5 Å². The number of fused-ring (bicyclic) bond motifs is 1. The van der Waals surface area contributed by atoms with Gasteiger partial charge in [-0.2, -0.15) is 0 Å². The molecule has 0 saturated carbocycles. The minimum Gasteiger partial charge on any atom is -0.457 e. The molecule has 1 aromatic heterocycles. The van der Waals surface area contributed by atoms with Crippen molar-refractivity contribution in [2.45, 2.75) is 13.8 Å². The third kappa shape index (κ3) is 2.97. The number of benzene rings is 2. The molecule has 0 aliphatic carbocycles. The number of hydrogen-bond acceptors (Lipinski definition) is 3. The number of rotatable bonds is 4. The summed E-state index contributed by atoms with van der Waals surface area (Å²) < 4.78 is 5.92. The van der Waals surface area contributed by atoms with Crippen molar-refractivity contribution < 1.29 is 4.74 Å². The Labute approximate surface area is 124 Å². The number of hydrogen-bond donors (Lipinski definition) is 1. The highest BCUT2D eigenvalue weighted by Gasteiger charge is 2.04. The van der Waals surface area contributed by atoms with Gasteiger partial charge in [0.1, 0.15) is 11.5 Å². The lowest BCUT2D eigenvalue weighted by Gasteiger charge is -2.10. The normalized spacial score (nSPS) is 10.6. The van der Waals surface area contributed by atoms with Crippen LogP contribution in [0.15, 0.2) is 54.7 Å². The first-order chi connectivity index (χ1) is 10.3. The van der Waals surface area contributed by atoms with Crippen molar-refractivity contribution >= 4 is 16.6 Å². The lowest BCUT2D eigenvalue weighted by molar-refractivity contribution is 0.483. The number of pyridine rings is 1. The van der Waals surface area contributed by atoms with E-state index in [-0.39, 0.29) is 0 Å². The summed E-state index contributed by atoms with van der Waals surface area (Å²) in [5.74, 6) is 1.66. The molecule has 3 rings (SSSR count). The average Bonchev–Trinajstić information content (AvgIpc) is 2.50. The van der Waals surface area contributed by atoms with Gasteiger partial charge in [0, 0.05) is 23.8 Å². The van der Waals surface area contributed by atoms with Crippen molar-refractivity contribution in [3.8, 4) is 11.5 Å². The Bertz CT molecular complexity index is 751. The number of anilines is 1. The van der Waals surface area contributed by atoms with Gasteiger partial charge in [-0.15, -0.1) is 0 Å². The van der Waals surface area contributed by atoms with Crippen molar-refractivity contribution in [1.29, 1.82) is 0 Å². The van der Waals surface area contributed by atoms with Crippen LogP contribution in [0.3, 0.4) is 0 Å². The monoisotopic (exact) mass is 278 g/mol. The molecule has 0 atom stereocenters. The average molecular weight is 278 g/mol. The number of ether oxygens (including phenoxy) is 1. The second-order valence-corrected chi connectivity index (χ2v) is 4.98. The molecule has 0 fully saturated rings. The molecule has 0 aliphatic rings. The molecule has 0 unspecified atom stereocenters. The molecule has 0 amide bonds. The van der Waals surface area contributed by atoms with E-state index in [1.807, 2.05) is 54.7 Å². The summed E-state index contributed by atoms with van der Waals surface area (Å²) >= 11 is 0. The Morgan fingerprint density at radius 3 is 2.52 bits per heavy atom. The van der Waals surface area contributed by atoms with Crippen molar-refractivity contribution in [2.75, 3.05) is 11.9 Å². The minimum absolute atomic E-state index is 0.818. The van der Waals surface area contributed by atoms with Gasteiger partial charge in [0.05, 0.1) is 5.52 Å². The standard InChI is InChI=1S/C18H18N2O/c1-3-19-18-10-11-20-17-9-8-15(12-16(17)18)21-14-6-4-13(2)5-7-14/h4-12H,3H2,1-2H3,(H,19,20). The topological polar surface area (TPSA) is 34.2 Å². The first-order valence-corrected chi connectivity index (χ1v) is 7.13. The SMILES string of the molecule is CCNc1ccnc2ccc(Oc3ccc(C)cc3)cc12. The van der Waals surface area contributed by atoms with E-state index < -0.39 is 0 Å². The van der Waals surface area contributed by atoms with E-state index in [9.17, 15) is 0 Å². The van der Waals surface area contributed by atoms with Gasteiger partial charge in [0.25, 0.3) is 0 Å². The van der Waals surface area contributed by atoms with Gasteiger partial charge in [-0.05, 0) is 50.2 Å². The van der Waals surface area contributed by atoms with Gasteiger partial charge in [0.2, 0.25) is 0 Å². The molecule has 1 heterocycles. The second-order valence-electron chi connectivity index (χ2n) is 4.98. The van der Waals surface area contributed by atoms with Gasteiger partial charge >= 0.3 is 0 Å². The molecular weight excluding hydrogens is 260 g/mol. The van der Waals surface area contributed by atoms with Crippen LogP contribution in [0.4, 0.5) is 5.69 Å². The molecule has 21 heavy (non-hydrogen) atoms. The molecular formula is C18H18N2O. The fraction of sp³-hybridized carbons (Fsp3) is 0.167. The van der Waals surface area contributed by atoms with Crippen molar-refractivity contribution in [2.24, 2.45) is 0 Å². The number of nitrogens with one attached hydrogen (secondary N) is 1. The molecule has 0 saturated heterocycles.